The van der Waals surface area contributed by atoms with Crippen LogP contribution in [0.4, 0.5) is 18.9 Å². The van der Waals surface area contributed by atoms with Crippen molar-refractivity contribution in [2.45, 2.75) is 19.0 Å². The highest BCUT2D eigenvalue weighted by Crippen LogP contribution is 2.31. The van der Waals surface area contributed by atoms with Gasteiger partial charge in [-0.05, 0) is 18.2 Å². The number of imide groups is 1. The summed E-state index contributed by atoms with van der Waals surface area (Å²) in [4.78, 5) is 28.4. The summed E-state index contributed by atoms with van der Waals surface area (Å²) in [6, 6.07) is 5.29. The second-order valence-corrected chi connectivity index (χ2v) is 6.01. The molecule has 0 bridgehead atoms. The molecule has 0 spiro atoms. The second kappa shape index (κ2) is 6.43. The maximum Gasteiger partial charge on any atom is 0.416 e. The minimum Gasteiger partial charge on any atom is -0.369 e. The average molecular weight is 341 g/mol. The fourth-order valence-electron chi connectivity index (χ4n) is 3.01. The SMILES string of the molecule is O=C1CCC(=O)N1CN1CCN(c2cccc(C(F)(F)F)c2)CC1. The fourth-order valence-corrected chi connectivity index (χ4v) is 3.01. The lowest BCUT2D eigenvalue weighted by Crippen LogP contribution is -2.51. The molecule has 2 fully saturated rings. The third kappa shape index (κ3) is 3.53. The standard InChI is InChI=1S/C16H18F3N3O2/c17-16(18,19)12-2-1-3-13(10-12)21-8-6-20(7-9-21)11-22-14(23)4-5-15(22)24/h1-3,10H,4-9,11H2. The molecular formula is C16H18F3N3O2. The number of halogens is 3. The summed E-state index contributed by atoms with van der Waals surface area (Å²) in [5.74, 6) is -0.305. The third-order valence-electron chi connectivity index (χ3n) is 4.41. The normalized spacial score (nSPS) is 20.1. The van der Waals surface area contributed by atoms with Gasteiger partial charge in [0.25, 0.3) is 0 Å². The lowest BCUT2D eigenvalue weighted by molar-refractivity contribution is -0.141. The van der Waals surface area contributed by atoms with Crippen molar-refractivity contribution in [1.82, 2.24) is 9.80 Å². The molecule has 0 aliphatic carbocycles. The van der Waals surface area contributed by atoms with Gasteiger partial charge in [0.05, 0.1) is 12.2 Å². The number of hydrogen-bond acceptors (Lipinski definition) is 4. The molecule has 0 N–H and O–H groups in total. The molecule has 1 aromatic rings. The van der Waals surface area contributed by atoms with Crippen molar-refractivity contribution >= 4 is 17.5 Å². The molecule has 2 saturated heterocycles. The Bertz CT molecular complexity index is 624. The highest BCUT2D eigenvalue weighted by Gasteiger charge is 2.32. The number of alkyl halides is 3. The molecule has 0 unspecified atom stereocenters. The van der Waals surface area contributed by atoms with Gasteiger partial charge in [0.2, 0.25) is 11.8 Å². The fraction of sp³-hybridized carbons (Fsp3) is 0.500. The first-order chi connectivity index (χ1) is 11.3. The van der Waals surface area contributed by atoms with E-state index in [2.05, 4.69) is 0 Å². The van der Waals surface area contributed by atoms with E-state index >= 15 is 0 Å². The smallest absolute Gasteiger partial charge is 0.369 e. The molecule has 130 valence electrons. The van der Waals surface area contributed by atoms with Gasteiger partial charge in [-0.2, -0.15) is 13.2 Å². The van der Waals surface area contributed by atoms with Crippen molar-refractivity contribution in [2.75, 3.05) is 37.7 Å². The van der Waals surface area contributed by atoms with E-state index in [-0.39, 0.29) is 31.3 Å². The van der Waals surface area contributed by atoms with Crippen LogP contribution in [0.2, 0.25) is 0 Å². The van der Waals surface area contributed by atoms with Gasteiger partial charge >= 0.3 is 6.18 Å². The number of likely N-dealkylation sites (tertiary alicyclic amines) is 1. The summed E-state index contributed by atoms with van der Waals surface area (Å²) in [7, 11) is 0. The zero-order chi connectivity index (χ0) is 17.3. The summed E-state index contributed by atoms with van der Waals surface area (Å²) in [5, 5.41) is 0. The zero-order valence-corrected chi connectivity index (χ0v) is 13.1. The van der Waals surface area contributed by atoms with Crippen LogP contribution in [-0.2, 0) is 15.8 Å². The van der Waals surface area contributed by atoms with Crippen LogP contribution in [0, 0.1) is 0 Å². The summed E-state index contributed by atoms with van der Waals surface area (Å²) < 4.78 is 38.4. The number of rotatable bonds is 3. The molecule has 2 amide bonds. The Balaban J connectivity index is 1.59. The Morgan fingerprint density at radius 1 is 0.958 bits per heavy atom. The first-order valence-electron chi connectivity index (χ1n) is 7.82. The van der Waals surface area contributed by atoms with E-state index in [0.29, 0.717) is 31.9 Å². The predicted molar refractivity (Wildman–Crippen MR) is 81.2 cm³/mol. The Kier molecular flexibility index (Phi) is 4.49. The van der Waals surface area contributed by atoms with Crippen LogP contribution >= 0.6 is 0 Å². The van der Waals surface area contributed by atoms with Crippen LogP contribution in [0.1, 0.15) is 18.4 Å². The van der Waals surface area contributed by atoms with Crippen molar-refractivity contribution in [3.05, 3.63) is 29.8 Å². The van der Waals surface area contributed by atoms with Crippen LogP contribution in [0.5, 0.6) is 0 Å². The van der Waals surface area contributed by atoms with Crippen LogP contribution < -0.4 is 4.90 Å². The van der Waals surface area contributed by atoms with E-state index in [1.54, 1.807) is 6.07 Å². The number of piperazine rings is 1. The van der Waals surface area contributed by atoms with Crippen molar-refractivity contribution in [2.24, 2.45) is 0 Å². The molecule has 0 atom stereocenters. The summed E-state index contributed by atoms with van der Waals surface area (Å²) in [6.45, 7) is 2.56. The van der Waals surface area contributed by atoms with Crippen molar-refractivity contribution < 1.29 is 22.8 Å². The van der Waals surface area contributed by atoms with E-state index in [0.717, 1.165) is 12.1 Å². The average Bonchev–Trinajstić information content (AvgIpc) is 2.87. The van der Waals surface area contributed by atoms with Crippen molar-refractivity contribution in [3.8, 4) is 0 Å². The van der Waals surface area contributed by atoms with Gasteiger partial charge in [0.1, 0.15) is 0 Å². The Hall–Kier alpha value is -2.09. The number of hydrogen-bond donors (Lipinski definition) is 0. The maximum absolute atomic E-state index is 12.8. The maximum atomic E-state index is 12.8. The van der Waals surface area contributed by atoms with E-state index in [4.69, 9.17) is 0 Å². The molecule has 1 aromatic carbocycles. The molecule has 2 aliphatic heterocycles. The van der Waals surface area contributed by atoms with Crippen LogP contribution in [0.15, 0.2) is 24.3 Å². The molecule has 8 heteroatoms. The molecular weight excluding hydrogens is 323 g/mol. The monoisotopic (exact) mass is 341 g/mol. The number of carbonyl (C=O) groups excluding carboxylic acids is 2. The summed E-state index contributed by atoms with van der Waals surface area (Å²) in [6.07, 6.45) is -3.82. The van der Waals surface area contributed by atoms with Gasteiger partial charge in [-0.25, -0.2) is 0 Å². The Morgan fingerprint density at radius 3 is 2.17 bits per heavy atom. The van der Waals surface area contributed by atoms with E-state index in [1.165, 1.54) is 11.0 Å². The lowest BCUT2D eigenvalue weighted by atomic mass is 10.1. The van der Waals surface area contributed by atoms with Gasteiger partial charge in [0.15, 0.2) is 0 Å². The van der Waals surface area contributed by atoms with Crippen molar-refractivity contribution in [1.29, 1.82) is 0 Å². The molecule has 5 nitrogen and oxygen atoms in total. The Labute approximate surface area is 137 Å². The Morgan fingerprint density at radius 2 is 1.58 bits per heavy atom. The highest BCUT2D eigenvalue weighted by atomic mass is 19.4. The van der Waals surface area contributed by atoms with Gasteiger partial charge in [-0.3, -0.25) is 19.4 Å². The molecule has 3 rings (SSSR count). The molecule has 0 aromatic heterocycles. The second-order valence-electron chi connectivity index (χ2n) is 6.01. The molecule has 2 aliphatic rings. The lowest BCUT2D eigenvalue weighted by Gasteiger charge is -2.37. The minimum absolute atomic E-state index is 0.152. The quantitative estimate of drug-likeness (QED) is 0.788. The number of anilines is 1. The van der Waals surface area contributed by atoms with E-state index in [9.17, 15) is 22.8 Å². The molecule has 2 heterocycles. The number of carbonyl (C=O) groups is 2. The van der Waals surface area contributed by atoms with Gasteiger partial charge in [-0.1, -0.05) is 6.07 Å². The van der Waals surface area contributed by atoms with E-state index < -0.39 is 11.7 Å². The molecule has 0 saturated carbocycles. The minimum atomic E-state index is -4.35. The molecule has 0 radical (unpaired) electrons. The zero-order valence-electron chi connectivity index (χ0n) is 13.1. The first-order valence-corrected chi connectivity index (χ1v) is 7.82. The van der Waals surface area contributed by atoms with Gasteiger partial charge in [0, 0.05) is 44.7 Å². The van der Waals surface area contributed by atoms with Crippen molar-refractivity contribution in [3.63, 3.8) is 0 Å². The summed E-state index contributed by atoms with van der Waals surface area (Å²) >= 11 is 0. The van der Waals surface area contributed by atoms with E-state index in [1.807, 2.05) is 9.80 Å². The van der Waals surface area contributed by atoms with Gasteiger partial charge < -0.3 is 4.90 Å². The summed E-state index contributed by atoms with van der Waals surface area (Å²) in [5.41, 5.74) is -0.117. The van der Waals surface area contributed by atoms with Crippen LogP contribution in [0.25, 0.3) is 0 Å². The topological polar surface area (TPSA) is 43.9 Å². The first kappa shape index (κ1) is 16.8. The van der Waals surface area contributed by atoms with Crippen LogP contribution in [0.3, 0.4) is 0 Å². The highest BCUT2D eigenvalue weighted by molar-refractivity contribution is 6.01. The number of amides is 2. The third-order valence-corrected chi connectivity index (χ3v) is 4.41. The molecule has 24 heavy (non-hydrogen) atoms. The van der Waals surface area contributed by atoms with Gasteiger partial charge in [-0.15, -0.1) is 0 Å². The number of benzene rings is 1. The number of nitrogens with zero attached hydrogens (tertiary/aromatic N) is 3. The largest absolute Gasteiger partial charge is 0.416 e. The predicted octanol–water partition coefficient (Wildman–Crippen LogP) is 1.93. The van der Waals surface area contributed by atoms with Crippen LogP contribution in [-0.4, -0.2) is 54.5 Å².